The zero-order chi connectivity index (χ0) is 19.6. The molecule has 1 aromatic heterocycles. The first-order valence-electron chi connectivity index (χ1n) is 9.95. The van der Waals surface area contributed by atoms with Gasteiger partial charge in [0.25, 0.3) is 5.91 Å². The van der Waals surface area contributed by atoms with Gasteiger partial charge in [0.1, 0.15) is 6.04 Å². The summed E-state index contributed by atoms with van der Waals surface area (Å²) in [7, 11) is 0. The number of aromatic nitrogens is 1. The number of carbonyl (C=O) groups is 2. The van der Waals surface area contributed by atoms with Gasteiger partial charge in [-0.25, -0.2) is 0 Å². The van der Waals surface area contributed by atoms with Crippen molar-refractivity contribution in [1.29, 1.82) is 0 Å². The second-order valence-electron chi connectivity index (χ2n) is 8.89. The van der Waals surface area contributed by atoms with E-state index in [-0.39, 0.29) is 5.91 Å². The minimum Gasteiger partial charge on any atom is -0.368 e. The molecule has 1 aromatic carbocycles. The van der Waals surface area contributed by atoms with E-state index in [4.69, 9.17) is 5.73 Å². The molecule has 2 aromatic rings. The Balaban J connectivity index is 1.89. The van der Waals surface area contributed by atoms with Crippen LogP contribution in [0.1, 0.15) is 63.2 Å². The summed E-state index contributed by atoms with van der Waals surface area (Å²) in [5, 5.41) is 3.77. The summed E-state index contributed by atoms with van der Waals surface area (Å²) in [5.74, 6) is -0.0903. The molecule has 1 aliphatic rings. The molecule has 1 heterocycles. The van der Waals surface area contributed by atoms with Gasteiger partial charge in [-0.1, -0.05) is 58.2 Å². The molecule has 3 rings (SSSR count). The molecule has 0 bridgehead atoms. The summed E-state index contributed by atoms with van der Waals surface area (Å²) < 4.78 is 2.20. The first kappa shape index (κ1) is 19.5. The van der Waals surface area contributed by atoms with E-state index in [1.807, 2.05) is 45.2 Å². The van der Waals surface area contributed by atoms with Gasteiger partial charge >= 0.3 is 0 Å². The number of para-hydroxylation sites is 1. The molecule has 3 N–H and O–H groups in total. The molecule has 1 aliphatic carbocycles. The Kier molecular flexibility index (Phi) is 5.59. The van der Waals surface area contributed by atoms with E-state index < -0.39 is 17.4 Å². The quantitative estimate of drug-likeness (QED) is 0.840. The lowest BCUT2D eigenvalue weighted by atomic mass is 9.86. The van der Waals surface area contributed by atoms with Gasteiger partial charge in [-0.3, -0.25) is 9.59 Å². The number of rotatable bonds is 5. The fourth-order valence-corrected chi connectivity index (χ4v) is 4.15. The summed E-state index contributed by atoms with van der Waals surface area (Å²) in [6, 6.07) is 7.26. The third-order valence-corrected chi connectivity index (χ3v) is 5.64. The van der Waals surface area contributed by atoms with Gasteiger partial charge in [-0.15, -0.1) is 0 Å². The zero-order valence-corrected chi connectivity index (χ0v) is 16.6. The highest BCUT2D eigenvalue weighted by molar-refractivity contribution is 6.08. The van der Waals surface area contributed by atoms with E-state index in [1.165, 1.54) is 32.1 Å². The molecule has 0 aliphatic heterocycles. The second-order valence-corrected chi connectivity index (χ2v) is 8.89. The van der Waals surface area contributed by atoms with E-state index >= 15 is 0 Å². The van der Waals surface area contributed by atoms with Crippen LogP contribution < -0.4 is 11.1 Å². The molecule has 2 amide bonds. The van der Waals surface area contributed by atoms with Crippen LogP contribution in [-0.2, 0) is 11.3 Å². The molecule has 0 spiro atoms. The molecule has 1 fully saturated rings. The van der Waals surface area contributed by atoms with Crippen LogP contribution in [0.2, 0.25) is 0 Å². The van der Waals surface area contributed by atoms with Crippen molar-refractivity contribution in [3.05, 3.63) is 36.0 Å². The third-order valence-electron chi connectivity index (χ3n) is 5.64. The fraction of sp³-hybridized carbons (Fsp3) is 0.545. The molecule has 5 heteroatoms. The highest BCUT2D eigenvalue weighted by atomic mass is 16.2. The number of nitrogens with two attached hydrogens (primary N) is 1. The number of nitrogens with one attached hydrogen (secondary N) is 1. The highest BCUT2D eigenvalue weighted by Gasteiger charge is 2.32. The Morgan fingerprint density at radius 1 is 1.19 bits per heavy atom. The SMILES string of the molecule is CC(C)(C)[C@@H](NC(=O)c1cn(CC2CCCCC2)c2ccccc12)C(N)=O. The molecule has 5 nitrogen and oxygen atoms in total. The smallest absolute Gasteiger partial charge is 0.254 e. The van der Waals surface area contributed by atoms with Gasteiger partial charge in [-0.05, 0) is 30.2 Å². The van der Waals surface area contributed by atoms with Crippen molar-refractivity contribution >= 4 is 22.7 Å². The van der Waals surface area contributed by atoms with Crippen LogP contribution in [0, 0.1) is 11.3 Å². The first-order valence-corrected chi connectivity index (χ1v) is 9.95. The minimum absolute atomic E-state index is 0.243. The Bertz CT molecular complexity index is 826. The van der Waals surface area contributed by atoms with Gasteiger partial charge in [0.05, 0.1) is 5.56 Å². The molecule has 1 saturated carbocycles. The lowest BCUT2D eigenvalue weighted by Crippen LogP contribution is -2.52. The predicted octanol–water partition coefficient (Wildman–Crippen LogP) is 3.85. The first-order chi connectivity index (χ1) is 12.8. The maximum atomic E-state index is 13.0. The molecule has 0 radical (unpaired) electrons. The van der Waals surface area contributed by atoms with E-state index in [2.05, 4.69) is 16.0 Å². The number of benzene rings is 1. The van der Waals surface area contributed by atoms with Gasteiger partial charge in [0, 0.05) is 23.6 Å². The van der Waals surface area contributed by atoms with Crippen LogP contribution in [0.15, 0.2) is 30.5 Å². The average molecular weight is 370 g/mol. The Morgan fingerprint density at radius 2 is 1.85 bits per heavy atom. The molecule has 1 atom stereocenters. The number of hydrogen-bond donors (Lipinski definition) is 2. The number of carbonyl (C=O) groups excluding carboxylic acids is 2. The lowest BCUT2D eigenvalue weighted by molar-refractivity contribution is -0.122. The van der Waals surface area contributed by atoms with Crippen molar-refractivity contribution in [3.63, 3.8) is 0 Å². The van der Waals surface area contributed by atoms with E-state index in [0.29, 0.717) is 11.5 Å². The second kappa shape index (κ2) is 7.75. The Hall–Kier alpha value is -2.30. The van der Waals surface area contributed by atoms with Gasteiger partial charge in [0.2, 0.25) is 5.91 Å². The standard InChI is InChI=1S/C22H31N3O2/c1-22(2,3)19(20(23)26)24-21(27)17-14-25(13-15-9-5-4-6-10-15)18-12-8-7-11-16(17)18/h7-8,11-12,14-15,19H,4-6,9-10,13H2,1-3H3,(H2,23,26)(H,24,27)/t19-/m0/s1. The summed E-state index contributed by atoms with van der Waals surface area (Å²) in [5.41, 5.74) is 6.77. The summed E-state index contributed by atoms with van der Waals surface area (Å²) >= 11 is 0. The van der Waals surface area contributed by atoms with E-state index in [0.717, 1.165) is 17.4 Å². The average Bonchev–Trinajstić information content (AvgIpc) is 2.98. The van der Waals surface area contributed by atoms with E-state index in [1.54, 1.807) is 0 Å². The van der Waals surface area contributed by atoms with Crippen LogP contribution in [0.4, 0.5) is 0 Å². The van der Waals surface area contributed by atoms with Crippen molar-refractivity contribution in [2.45, 2.75) is 65.5 Å². The van der Waals surface area contributed by atoms with Crippen LogP contribution in [0.5, 0.6) is 0 Å². The predicted molar refractivity (Wildman–Crippen MR) is 108 cm³/mol. The number of fused-ring (bicyclic) bond motifs is 1. The maximum absolute atomic E-state index is 13.0. The largest absolute Gasteiger partial charge is 0.368 e. The van der Waals surface area contributed by atoms with Crippen LogP contribution >= 0.6 is 0 Å². The molecule has 0 saturated heterocycles. The van der Waals surface area contributed by atoms with Crippen molar-refractivity contribution in [3.8, 4) is 0 Å². The molecular weight excluding hydrogens is 338 g/mol. The van der Waals surface area contributed by atoms with Gasteiger partial charge in [0.15, 0.2) is 0 Å². The molecule has 27 heavy (non-hydrogen) atoms. The van der Waals surface area contributed by atoms with Gasteiger partial charge < -0.3 is 15.6 Å². The summed E-state index contributed by atoms with van der Waals surface area (Å²) in [6.07, 6.45) is 8.36. The topological polar surface area (TPSA) is 77.1 Å². The van der Waals surface area contributed by atoms with Crippen molar-refractivity contribution in [2.24, 2.45) is 17.1 Å². The normalized spacial score (nSPS) is 17.0. The lowest BCUT2D eigenvalue weighted by Gasteiger charge is -2.28. The highest BCUT2D eigenvalue weighted by Crippen LogP contribution is 2.29. The minimum atomic E-state index is -0.717. The van der Waals surface area contributed by atoms with Crippen molar-refractivity contribution < 1.29 is 9.59 Å². The fourth-order valence-electron chi connectivity index (χ4n) is 4.15. The molecule has 0 unspecified atom stereocenters. The third kappa shape index (κ3) is 4.34. The van der Waals surface area contributed by atoms with Crippen molar-refractivity contribution in [1.82, 2.24) is 9.88 Å². The number of hydrogen-bond acceptors (Lipinski definition) is 2. The van der Waals surface area contributed by atoms with Crippen LogP contribution in [-0.4, -0.2) is 22.4 Å². The Morgan fingerprint density at radius 3 is 2.48 bits per heavy atom. The van der Waals surface area contributed by atoms with Crippen LogP contribution in [0.3, 0.4) is 0 Å². The number of nitrogens with zero attached hydrogens (tertiary/aromatic N) is 1. The van der Waals surface area contributed by atoms with E-state index in [9.17, 15) is 9.59 Å². The maximum Gasteiger partial charge on any atom is 0.254 e. The van der Waals surface area contributed by atoms with Crippen molar-refractivity contribution in [2.75, 3.05) is 0 Å². The number of amides is 2. The summed E-state index contributed by atoms with van der Waals surface area (Å²) in [6.45, 7) is 6.63. The van der Waals surface area contributed by atoms with Gasteiger partial charge in [-0.2, -0.15) is 0 Å². The monoisotopic (exact) mass is 369 g/mol. The number of primary amides is 1. The van der Waals surface area contributed by atoms with Crippen LogP contribution in [0.25, 0.3) is 10.9 Å². The molecular formula is C22H31N3O2. The molecule has 146 valence electrons. The zero-order valence-electron chi connectivity index (χ0n) is 16.6. The summed E-state index contributed by atoms with van der Waals surface area (Å²) in [4.78, 5) is 24.8. The Labute approximate surface area is 161 Å².